The van der Waals surface area contributed by atoms with Crippen LogP contribution in [0.2, 0.25) is 0 Å². The van der Waals surface area contributed by atoms with E-state index in [1.165, 1.54) is 0 Å². The molecular formula is C26H23N3O3. The fourth-order valence-electron chi connectivity index (χ4n) is 3.82. The molecule has 1 aromatic heterocycles. The molecule has 0 saturated carbocycles. The maximum absolute atomic E-state index is 12.9. The quantitative estimate of drug-likeness (QED) is 0.445. The molecule has 1 saturated heterocycles. The highest BCUT2D eigenvalue weighted by Gasteiger charge is 2.25. The normalized spacial score (nSPS) is 14.3. The number of hydrogen-bond acceptors (Lipinski definition) is 5. The van der Waals surface area contributed by atoms with Crippen LogP contribution in [0.1, 0.15) is 23.2 Å². The van der Waals surface area contributed by atoms with Crippen LogP contribution in [0.4, 0.5) is 0 Å². The third-order valence-electron chi connectivity index (χ3n) is 5.52. The smallest absolute Gasteiger partial charge is 0.253 e. The summed E-state index contributed by atoms with van der Waals surface area (Å²) in [6.07, 6.45) is 3.21. The number of hydrogen-bond donors (Lipinski definition) is 0. The van der Waals surface area contributed by atoms with Crippen molar-refractivity contribution in [2.45, 2.75) is 18.9 Å². The van der Waals surface area contributed by atoms with Gasteiger partial charge in [-0.1, -0.05) is 30.3 Å². The van der Waals surface area contributed by atoms with Crippen LogP contribution < -0.4 is 9.47 Å². The molecule has 1 amide bonds. The summed E-state index contributed by atoms with van der Waals surface area (Å²) >= 11 is 0. The van der Waals surface area contributed by atoms with Gasteiger partial charge in [0.05, 0.1) is 17.2 Å². The van der Waals surface area contributed by atoms with Crippen LogP contribution in [0.5, 0.6) is 17.4 Å². The molecule has 0 radical (unpaired) electrons. The molecule has 4 aromatic rings. The van der Waals surface area contributed by atoms with Gasteiger partial charge in [0.2, 0.25) is 5.88 Å². The third-order valence-corrected chi connectivity index (χ3v) is 5.52. The molecular weight excluding hydrogens is 402 g/mol. The third kappa shape index (κ3) is 4.54. The first-order valence-electron chi connectivity index (χ1n) is 10.8. The number of nitrogens with zero attached hydrogens (tertiary/aromatic N) is 3. The molecule has 160 valence electrons. The molecule has 0 bridgehead atoms. The van der Waals surface area contributed by atoms with Gasteiger partial charge in [0.15, 0.2) is 0 Å². The summed E-state index contributed by atoms with van der Waals surface area (Å²) in [6.45, 7) is 1.29. The fourth-order valence-corrected chi connectivity index (χ4v) is 3.82. The molecule has 0 atom stereocenters. The molecule has 6 heteroatoms. The van der Waals surface area contributed by atoms with Gasteiger partial charge in [-0.05, 0) is 48.5 Å². The number of amides is 1. The summed E-state index contributed by atoms with van der Waals surface area (Å²) < 4.78 is 11.8. The van der Waals surface area contributed by atoms with Crippen molar-refractivity contribution in [2.75, 3.05) is 13.1 Å². The lowest BCUT2D eigenvalue weighted by molar-refractivity contribution is 0.0588. The molecule has 6 nitrogen and oxygen atoms in total. The van der Waals surface area contributed by atoms with E-state index in [9.17, 15) is 4.79 Å². The lowest BCUT2D eigenvalue weighted by atomic mass is 10.1. The Balaban J connectivity index is 1.16. The maximum Gasteiger partial charge on any atom is 0.253 e. The topological polar surface area (TPSA) is 64.5 Å². The van der Waals surface area contributed by atoms with Gasteiger partial charge in [-0.15, -0.1) is 0 Å². The van der Waals surface area contributed by atoms with Gasteiger partial charge < -0.3 is 14.4 Å². The number of aromatic nitrogens is 2. The van der Waals surface area contributed by atoms with Crippen molar-refractivity contribution in [3.8, 4) is 17.4 Å². The number of fused-ring (bicyclic) bond motifs is 1. The zero-order chi connectivity index (χ0) is 21.8. The van der Waals surface area contributed by atoms with Crippen molar-refractivity contribution in [3.63, 3.8) is 0 Å². The van der Waals surface area contributed by atoms with Crippen LogP contribution in [0.15, 0.2) is 85.1 Å². The Morgan fingerprint density at radius 1 is 0.812 bits per heavy atom. The summed E-state index contributed by atoms with van der Waals surface area (Å²) in [5.41, 5.74) is 2.32. The minimum Gasteiger partial charge on any atom is -0.473 e. The molecule has 0 N–H and O–H groups in total. The van der Waals surface area contributed by atoms with E-state index in [0.717, 1.165) is 29.6 Å². The second kappa shape index (κ2) is 9.06. The number of likely N-dealkylation sites (tertiary alicyclic amines) is 1. The lowest BCUT2D eigenvalue weighted by Gasteiger charge is -2.32. The summed E-state index contributed by atoms with van der Waals surface area (Å²) in [4.78, 5) is 23.7. The highest BCUT2D eigenvalue weighted by Crippen LogP contribution is 2.23. The average Bonchev–Trinajstić information content (AvgIpc) is 2.85. The number of ether oxygens (including phenoxy) is 2. The second-order valence-electron chi connectivity index (χ2n) is 7.75. The van der Waals surface area contributed by atoms with E-state index in [4.69, 9.17) is 9.47 Å². The number of rotatable bonds is 5. The van der Waals surface area contributed by atoms with Crippen molar-refractivity contribution in [1.82, 2.24) is 14.9 Å². The van der Waals surface area contributed by atoms with Crippen molar-refractivity contribution in [1.29, 1.82) is 0 Å². The minimum absolute atomic E-state index is 0.0242. The van der Waals surface area contributed by atoms with Crippen LogP contribution in [0.3, 0.4) is 0 Å². The zero-order valence-corrected chi connectivity index (χ0v) is 17.6. The Bertz CT molecular complexity index is 1200. The Morgan fingerprint density at radius 2 is 1.47 bits per heavy atom. The van der Waals surface area contributed by atoms with E-state index in [0.29, 0.717) is 30.3 Å². The summed E-state index contributed by atoms with van der Waals surface area (Å²) in [7, 11) is 0. The van der Waals surface area contributed by atoms with Crippen LogP contribution >= 0.6 is 0 Å². The zero-order valence-electron chi connectivity index (χ0n) is 17.6. The predicted molar refractivity (Wildman–Crippen MR) is 122 cm³/mol. The fraction of sp³-hybridized carbons (Fsp3) is 0.192. The summed E-state index contributed by atoms with van der Waals surface area (Å²) in [5.74, 6) is 2.03. The van der Waals surface area contributed by atoms with E-state index in [-0.39, 0.29) is 12.0 Å². The molecule has 0 unspecified atom stereocenters. The van der Waals surface area contributed by atoms with Gasteiger partial charge in [-0.3, -0.25) is 4.79 Å². The first kappa shape index (κ1) is 20.0. The van der Waals surface area contributed by atoms with Gasteiger partial charge in [0.25, 0.3) is 5.91 Å². The number of piperidine rings is 1. The maximum atomic E-state index is 12.9. The predicted octanol–water partition coefficient (Wildman–Crippen LogP) is 5.11. The SMILES string of the molecule is O=C(c1ccc(Oc2ccccc2)cc1)N1CCC(Oc2cnc3ccccc3n2)CC1. The van der Waals surface area contributed by atoms with Gasteiger partial charge in [-0.25, -0.2) is 9.97 Å². The number of para-hydroxylation sites is 3. The molecule has 32 heavy (non-hydrogen) atoms. The van der Waals surface area contributed by atoms with Crippen LogP contribution in [0, 0.1) is 0 Å². The van der Waals surface area contributed by atoms with Crippen molar-refractivity contribution >= 4 is 16.9 Å². The standard InChI is InChI=1S/C26H23N3O3/c30-26(19-10-12-21(13-11-19)31-20-6-2-1-3-7-20)29-16-14-22(15-17-29)32-25-18-27-23-8-4-5-9-24(23)28-25/h1-13,18,22H,14-17H2. The van der Waals surface area contributed by atoms with Crippen LogP contribution in [0.25, 0.3) is 11.0 Å². The summed E-state index contributed by atoms with van der Waals surface area (Å²) in [5, 5.41) is 0. The van der Waals surface area contributed by atoms with Crippen molar-refractivity contribution < 1.29 is 14.3 Å². The summed E-state index contributed by atoms with van der Waals surface area (Å²) in [6, 6.07) is 24.6. The molecule has 3 aromatic carbocycles. The largest absolute Gasteiger partial charge is 0.473 e. The van der Waals surface area contributed by atoms with Gasteiger partial charge in [-0.2, -0.15) is 0 Å². The Morgan fingerprint density at radius 3 is 2.22 bits per heavy atom. The number of benzene rings is 3. The molecule has 1 aliphatic heterocycles. The first-order chi connectivity index (χ1) is 15.7. The molecule has 5 rings (SSSR count). The average molecular weight is 425 g/mol. The van der Waals surface area contributed by atoms with Crippen LogP contribution in [-0.2, 0) is 0 Å². The van der Waals surface area contributed by atoms with E-state index in [1.54, 1.807) is 6.20 Å². The van der Waals surface area contributed by atoms with E-state index < -0.39 is 0 Å². The lowest BCUT2D eigenvalue weighted by Crippen LogP contribution is -2.41. The van der Waals surface area contributed by atoms with Crippen LogP contribution in [-0.4, -0.2) is 40.0 Å². The van der Waals surface area contributed by atoms with E-state index in [1.807, 2.05) is 83.8 Å². The number of carbonyl (C=O) groups is 1. The van der Waals surface area contributed by atoms with Gasteiger partial charge in [0, 0.05) is 31.5 Å². The Labute approximate surface area is 186 Å². The van der Waals surface area contributed by atoms with Crippen molar-refractivity contribution in [2.24, 2.45) is 0 Å². The molecule has 0 spiro atoms. The first-order valence-corrected chi connectivity index (χ1v) is 10.8. The minimum atomic E-state index is 0.0242. The number of carbonyl (C=O) groups excluding carboxylic acids is 1. The molecule has 2 heterocycles. The molecule has 1 aliphatic rings. The monoisotopic (exact) mass is 425 g/mol. The second-order valence-corrected chi connectivity index (χ2v) is 7.75. The Kier molecular flexibility index (Phi) is 5.66. The van der Waals surface area contributed by atoms with E-state index >= 15 is 0 Å². The van der Waals surface area contributed by atoms with Gasteiger partial charge >= 0.3 is 0 Å². The highest BCUT2D eigenvalue weighted by molar-refractivity contribution is 5.94. The Hall–Kier alpha value is -3.93. The van der Waals surface area contributed by atoms with E-state index in [2.05, 4.69) is 9.97 Å². The molecule has 1 fully saturated rings. The van der Waals surface area contributed by atoms with Crippen molar-refractivity contribution in [3.05, 3.63) is 90.6 Å². The van der Waals surface area contributed by atoms with Gasteiger partial charge in [0.1, 0.15) is 17.6 Å². The molecule has 0 aliphatic carbocycles. The highest BCUT2D eigenvalue weighted by atomic mass is 16.5.